The van der Waals surface area contributed by atoms with Crippen LogP contribution >= 0.6 is 11.3 Å². The third-order valence-corrected chi connectivity index (χ3v) is 2.42. The lowest BCUT2D eigenvalue weighted by molar-refractivity contribution is -0.136. The van der Waals surface area contributed by atoms with Crippen LogP contribution in [0.25, 0.3) is 5.57 Å². The Morgan fingerprint density at radius 3 is 2.93 bits per heavy atom. The van der Waals surface area contributed by atoms with Crippen molar-refractivity contribution in [3.8, 4) is 0 Å². The van der Waals surface area contributed by atoms with E-state index in [4.69, 9.17) is 10.5 Å². The van der Waals surface area contributed by atoms with Crippen molar-refractivity contribution < 1.29 is 9.53 Å². The van der Waals surface area contributed by atoms with E-state index in [1.165, 1.54) is 11.3 Å². The number of aromatic nitrogens is 1. The molecule has 1 aromatic heterocycles. The lowest BCUT2D eigenvalue weighted by Crippen LogP contribution is -2.08. The summed E-state index contributed by atoms with van der Waals surface area (Å²) >= 11 is 1.31. The van der Waals surface area contributed by atoms with Crippen LogP contribution in [-0.2, 0) is 9.53 Å². The van der Waals surface area contributed by atoms with Crippen molar-refractivity contribution >= 4 is 28.0 Å². The van der Waals surface area contributed by atoms with Gasteiger partial charge in [0.2, 0.25) is 0 Å². The molecule has 0 amide bonds. The molecule has 1 aromatic rings. The summed E-state index contributed by atoms with van der Waals surface area (Å²) in [6, 6.07) is 0. The zero-order valence-corrected chi connectivity index (χ0v) is 9.63. The van der Waals surface area contributed by atoms with Crippen molar-refractivity contribution in [3.63, 3.8) is 0 Å². The summed E-state index contributed by atoms with van der Waals surface area (Å²) in [5.41, 5.74) is 6.55. The fourth-order valence-corrected chi connectivity index (χ4v) is 1.62. The van der Waals surface area contributed by atoms with Gasteiger partial charge in [-0.05, 0) is 13.3 Å². The van der Waals surface area contributed by atoms with Gasteiger partial charge >= 0.3 is 5.97 Å². The van der Waals surface area contributed by atoms with Gasteiger partial charge in [0.1, 0.15) is 0 Å². The van der Waals surface area contributed by atoms with E-state index in [-0.39, 0.29) is 5.97 Å². The minimum atomic E-state index is -0.343. The smallest absolute Gasteiger partial charge is 0.340 e. The Bertz CT molecular complexity index is 371. The second kappa shape index (κ2) is 5.50. The molecule has 5 heteroatoms. The summed E-state index contributed by atoms with van der Waals surface area (Å²) in [5, 5.41) is 2.20. The van der Waals surface area contributed by atoms with E-state index in [0.717, 1.165) is 6.42 Å². The topological polar surface area (TPSA) is 65.2 Å². The number of hydrogen-bond acceptors (Lipinski definition) is 5. The molecule has 0 bridgehead atoms. The Balaban J connectivity index is 2.77. The van der Waals surface area contributed by atoms with Crippen molar-refractivity contribution in [1.29, 1.82) is 0 Å². The Kier molecular flexibility index (Phi) is 4.30. The average Bonchev–Trinajstić information content (AvgIpc) is 2.63. The quantitative estimate of drug-likeness (QED) is 0.630. The summed E-state index contributed by atoms with van der Waals surface area (Å²) in [6.07, 6.45) is 2.49. The van der Waals surface area contributed by atoms with Gasteiger partial charge in [0.25, 0.3) is 0 Å². The molecular weight excluding hydrogens is 212 g/mol. The maximum atomic E-state index is 11.6. The molecule has 82 valence electrons. The van der Waals surface area contributed by atoms with Crippen LogP contribution in [0, 0.1) is 0 Å². The molecule has 0 aliphatic heterocycles. The molecule has 0 radical (unpaired) electrons. The number of ether oxygens (including phenoxy) is 1. The molecule has 15 heavy (non-hydrogen) atoms. The largest absolute Gasteiger partial charge is 0.462 e. The van der Waals surface area contributed by atoms with Crippen molar-refractivity contribution in [3.05, 3.63) is 17.2 Å². The van der Waals surface area contributed by atoms with Gasteiger partial charge in [-0.2, -0.15) is 0 Å². The van der Waals surface area contributed by atoms with Crippen LogP contribution < -0.4 is 5.73 Å². The first-order valence-corrected chi connectivity index (χ1v) is 5.61. The SMILES string of the molecule is C/C=C(/C(=O)OCCC)c1csc(N)n1. The van der Waals surface area contributed by atoms with E-state index in [0.29, 0.717) is 23.0 Å². The summed E-state index contributed by atoms with van der Waals surface area (Å²) in [4.78, 5) is 15.6. The number of esters is 1. The van der Waals surface area contributed by atoms with E-state index in [1.54, 1.807) is 18.4 Å². The average molecular weight is 226 g/mol. The molecule has 4 nitrogen and oxygen atoms in total. The first-order valence-electron chi connectivity index (χ1n) is 4.73. The van der Waals surface area contributed by atoms with Crippen LogP contribution in [0.1, 0.15) is 26.0 Å². The second-order valence-corrected chi connectivity index (χ2v) is 3.80. The summed E-state index contributed by atoms with van der Waals surface area (Å²) in [7, 11) is 0. The van der Waals surface area contributed by atoms with E-state index >= 15 is 0 Å². The highest BCUT2D eigenvalue weighted by Crippen LogP contribution is 2.20. The van der Waals surface area contributed by atoms with Crippen molar-refractivity contribution in [2.75, 3.05) is 12.3 Å². The maximum Gasteiger partial charge on any atom is 0.340 e. The number of nitrogens with two attached hydrogens (primary N) is 1. The normalized spacial score (nSPS) is 11.5. The summed E-state index contributed by atoms with van der Waals surface area (Å²) < 4.78 is 5.02. The monoisotopic (exact) mass is 226 g/mol. The van der Waals surface area contributed by atoms with Gasteiger partial charge < -0.3 is 10.5 Å². The maximum absolute atomic E-state index is 11.6. The van der Waals surface area contributed by atoms with Gasteiger partial charge in [-0.25, -0.2) is 9.78 Å². The van der Waals surface area contributed by atoms with Gasteiger partial charge in [-0.15, -0.1) is 11.3 Å². The van der Waals surface area contributed by atoms with Crippen molar-refractivity contribution in [2.45, 2.75) is 20.3 Å². The molecule has 0 aromatic carbocycles. The predicted molar refractivity (Wildman–Crippen MR) is 61.4 cm³/mol. The van der Waals surface area contributed by atoms with Crippen molar-refractivity contribution in [1.82, 2.24) is 4.98 Å². The van der Waals surface area contributed by atoms with Gasteiger partial charge in [0, 0.05) is 5.38 Å². The molecule has 0 saturated heterocycles. The molecular formula is C10H14N2O2S. The molecule has 1 heterocycles. The molecule has 1 rings (SSSR count). The number of anilines is 1. The van der Waals surface area contributed by atoms with Crippen molar-refractivity contribution in [2.24, 2.45) is 0 Å². The molecule has 2 N–H and O–H groups in total. The second-order valence-electron chi connectivity index (χ2n) is 2.91. The lowest BCUT2D eigenvalue weighted by Gasteiger charge is -2.04. The molecule has 0 unspecified atom stereocenters. The highest BCUT2D eigenvalue weighted by Gasteiger charge is 2.14. The van der Waals surface area contributed by atoms with Crippen LogP contribution in [0.15, 0.2) is 11.5 Å². The number of thiazole rings is 1. The first kappa shape index (κ1) is 11.7. The van der Waals surface area contributed by atoms with E-state index < -0.39 is 0 Å². The van der Waals surface area contributed by atoms with Gasteiger partial charge in [0.15, 0.2) is 5.13 Å². The van der Waals surface area contributed by atoms with Crippen LogP contribution in [0.4, 0.5) is 5.13 Å². The van der Waals surface area contributed by atoms with Crippen LogP contribution in [0.2, 0.25) is 0 Å². The van der Waals surface area contributed by atoms with E-state index in [1.807, 2.05) is 6.92 Å². The standard InChI is InChI=1S/C10H14N2O2S/c1-3-5-14-9(13)7(4-2)8-6-15-10(11)12-8/h4,6H,3,5H2,1-2H3,(H2,11,12)/b7-4+. The highest BCUT2D eigenvalue weighted by molar-refractivity contribution is 7.13. The van der Waals surface area contributed by atoms with Crippen LogP contribution in [0.3, 0.4) is 0 Å². The minimum Gasteiger partial charge on any atom is -0.462 e. The third-order valence-electron chi connectivity index (χ3n) is 1.74. The zero-order valence-electron chi connectivity index (χ0n) is 8.82. The number of allylic oxidation sites excluding steroid dienone is 1. The fourth-order valence-electron chi connectivity index (χ4n) is 1.05. The zero-order chi connectivity index (χ0) is 11.3. The minimum absolute atomic E-state index is 0.343. The molecule has 0 saturated carbocycles. The molecule has 0 aliphatic carbocycles. The van der Waals surface area contributed by atoms with E-state index in [9.17, 15) is 4.79 Å². The van der Waals surface area contributed by atoms with Crippen LogP contribution in [0.5, 0.6) is 0 Å². The highest BCUT2D eigenvalue weighted by atomic mass is 32.1. The third kappa shape index (κ3) is 3.06. The number of rotatable bonds is 4. The predicted octanol–water partition coefficient (Wildman–Crippen LogP) is 2.08. The van der Waals surface area contributed by atoms with Gasteiger partial charge in [-0.3, -0.25) is 0 Å². The molecule has 0 atom stereocenters. The Hall–Kier alpha value is -1.36. The van der Waals surface area contributed by atoms with E-state index in [2.05, 4.69) is 4.98 Å². The first-order chi connectivity index (χ1) is 7.19. The number of hydrogen-bond donors (Lipinski definition) is 1. The van der Waals surface area contributed by atoms with Gasteiger partial charge in [0.05, 0.1) is 17.9 Å². The Morgan fingerprint density at radius 1 is 1.73 bits per heavy atom. The molecule has 0 spiro atoms. The summed E-state index contributed by atoms with van der Waals surface area (Å²) in [6.45, 7) is 4.15. The Morgan fingerprint density at radius 2 is 2.47 bits per heavy atom. The lowest BCUT2D eigenvalue weighted by atomic mass is 10.2. The Labute approximate surface area is 92.8 Å². The number of nitrogen functional groups attached to an aromatic ring is 1. The number of carbonyl (C=O) groups excluding carboxylic acids is 1. The van der Waals surface area contributed by atoms with Gasteiger partial charge in [-0.1, -0.05) is 13.0 Å². The number of carbonyl (C=O) groups is 1. The number of nitrogens with zero attached hydrogens (tertiary/aromatic N) is 1. The fraction of sp³-hybridized carbons (Fsp3) is 0.400. The van der Waals surface area contributed by atoms with Crippen LogP contribution in [-0.4, -0.2) is 17.6 Å². The molecule has 0 aliphatic rings. The summed E-state index contributed by atoms with van der Waals surface area (Å²) in [5.74, 6) is -0.343. The molecule has 0 fully saturated rings.